The molecular weight excluding hydrogens is 210 g/mol. The summed E-state index contributed by atoms with van der Waals surface area (Å²) in [6, 6.07) is 10.5. The largest absolute Gasteiger partial charge is 0.356 e. The van der Waals surface area contributed by atoms with Crippen LogP contribution in [0.5, 0.6) is 0 Å². The Kier molecular flexibility index (Phi) is 6.49. The zero-order valence-corrected chi connectivity index (χ0v) is 10.2. The molecule has 0 bridgehead atoms. The summed E-state index contributed by atoms with van der Waals surface area (Å²) in [5.41, 5.74) is 1.38. The van der Waals surface area contributed by atoms with Gasteiger partial charge in [-0.2, -0.15) is 0 Å². The summed E-state index contributed by atoms with van der Waals surface area (Å²) in [4.78, 5) is 10.9. The first-order valence-electron chi connectivity index (χ1n) is 5.92. The van der Waals surface area contributed by atoms with Gasteiger partial charge in [-0.25, -0.2) is 0 Å². The van der Waals surface area contributed by atoms with E-state index in [0.29, 0.717) is 0 Å². The average molecular weight is 229 g/mol. The first kappa shape index (κ1) is 13.2. The molecule has 0 aromatic heterocycles. The summed E-state index contributed by atoms with van der Waals surface area (Å²) in [5, 5.41) is 2.53. The quantitative estimate of drug-likeness (QED) is 0.453. The number of carbonyl (C=O) groups is 1. The van der Waals surface area contributed by atoms with Gasteiger partial charge in [0, 0.05) is 13.1 Å². The van der Waals surface area contributed by atoms with Gasteiger partial charge in [0.05, 0.1) is 0 Å². The maximum absolute atomic E-state index is 10.9. The molecule has 90 valence electrons. The molecule has 0 saturated carbocycles. The Hall–Kier alpha value is -1.83. The lowest BCUT2D eigenvalue weighted by Crippen LogP contribution is -2.13. The molecule has 0 heterocycles. The molecule has 0 aliphatic heterocycles. The van der Waals surface area contributed by atoms with Crippen molar-refractivity contribution in [3.8, 4) is 0 Å². The van der Waals surface area contributed by atoms with Crippen molar-refractivity contribution in [2.45, 2.75) is 19.3 Å². The highest BCUT2D eigenvalue weighted by Gasteiger charge is 1.89. The third-order valence-electron chi connectivity index (χ3n) is 2.42. The third kappa shape index (κ3) is 6.36. The van der Waals surface area contributed by atoms with Gasteiger partial charge in [0.2, 0.25) is 5.91 Å². The number of amides is 1. The minimum absolute atomic E-state index is 0.0704. The Labute approximate surface area is 103 Å². The minimum atomic E-state index is -0.0704. The molecule has 2 heteroatoms. The highest BCUT2D eigenvalue weighted by molar-refractivity contribution is 5.87. The fraction of sp³-hybridized carbons (Fsp3) is 0.267. The van der Waals surface area contributed by atoms with Crippen LogP contribution < -0.4 is 5.32 Å². The van der Waals surface area contributed by atoms with E-state index in [-0.39, 0.29) is 5.91 Å². The lowest BCUT2D eigenvalue weighted by atomic mass is 10.1. The molecule has 0 aliphatic carbocycles. The van der Waals surface area contributed by atoms with E-state index >= 15 is 0 Å². The number of carbonyl (C=O) groups excluding carboxylic acids is 1. The van der Waals surface area contributed by atoms with Crippen molar-refractivity contribution in [3.05, 3.63) is 60.2 Å². The van der Waals surface area contributed by atoms with Crippen molar-refractivity contribution in [2.24, 2.45) is 0 Å². The molecule has 1 N–H and O–H groups in total. The Morgan fingerprint density at radius 2 is 2.00 bits per heavy atom. The van der Waals surface area contributed by atoms with Crippen LogP contribution in [0.2, 0.25) is 0 Å². The molecule has 0 saturated heterocycles. The van der Waals surface area contributed by atoms with E-state index in [4.69, 9.17) is 0 Å². The van der Waals surface area contributed by atoms with Crippen molar-refractivity contribution in [2.75, 3.05) is 7.05 Å². The van der Waals surface area contributed by atoms with Crippen LogP contribution in [0.1, 0.15) is 18.4 Å². The van der Waals surface area contributed by atoms with Crippen LogP contribution in [0.4, 0.5) is 0 Å². The highest BCUT2D eigenvalue weighted by atomic mass is 16.1. The third-order valence-corrected chi connectivity index (χ3v) is 2.42. The fourth-order valence-corrected chi connectivity index (χ4v) is 1.47. The molecule has 0 spiro atoms. The summed E-state index contributed by atoms with van der Waals surface area (Å²) in [7, 11) is 1.62. The molecule has 0 radical (unpaired) electrons. The number of unbranched alkanes of at least 4 members (excludes halogenated alkanes) is 1. The lowest BCUT2D eigenvalue weighted by Gasteiger charge is -1.97. The molecule has 2 nitrogen and oxygen atoms in total. The molecule has 0 aliphatic rings. The molecule has 1 rings (SSSR count). The summed E-state index contributed by atoms with van der Waals surface area (Å²) in [6.07, 6.45) is 10.6. The number of nitrogens with one attached hydrogen (secondary N) is 1. The van der Waals surface area contributed by atoms with Crippen LogP contribution in [0, 0.1) is 0 Å². The number of hydrogen-bond donors (Lipinski definition) is 1. The monoisotopic (exact) mass is 229 g/mol. The zero-order valence-electron chi connectivity index (χ0n) is 10.2. The molecule has 0 fully saturated rings. The van der Waals surface area contributed by atoms with Crippen molar-refractivity contribution in [1.29, 1.82) is 0 Å². The SMILES string of the molecule is CNC(=O)C=CC=CCCCc1ccccc1. The molecular formula is C15H19NO. The molecule has 1 amide bonds. The maximum Gasteiger partial charge on any atom is 0.243 e. The smallest absolute Gasteiger partial charge is 0.243 e. The van der Waals surface area contributed by atoms with Gasteiger partial charge >= 0.3 is 0 Å². The second-order valence-electron chi connectivity index (χ2n) is 3.78. The number of benzene rings is 1. The first-order chi connectivity index (χ1) is 8.33. The maximum atomic E-state index is 10.9. The first-order valence-corrected chi connectivity index (χ1v) is 5.92. The molecule has 1 aromatic rings. The molecule has 17 heavy (non-hydrogen) atoms. The normalized spacial score (nSPS) is 11.1. The van der Waals surface area contributed by atoms with Crippen molar-refractivity contribution in [1.82, 2.24) is 5.32 Å². The average Bonchev–Trinajstić information content (AvgIpc) is 2.38. The summed E-state index contributed by atoms with van der Waals surface area (Å²) >= 11 is 0. The van der Waals surface area contributed by atoms with E-state index < -0.39 is 0 Å². The number of aryl methyl sites for hydroxylation is 1. The number of allylic oxidation sites excluding steroid dienone is 3. The van der Waals surface area contributed by atoms with Crippen molar-refractivity contribution in [3.63, 3.8) is 0 Å². The van der Waals surface area contributed by atoms with Gasteiger partial charge in [-0.3, -0.25) is 4.79 Å². The number of hydrogen-bond acceptors (Lipinski definition) is 1. The Bertz CT molecular complexity index is 379. The van der Waals surface area contributed by atoms with Crippen LogP contribution >= 0.6 is 0 Å². The van der Waals surface area contributed by atoms with Gasteiger partial charge < -0.3 is 5.32 Å². The summed E-state index contributed by atoms with van der Waals surface area (Å²) in [6.45, 7) is 0. The van der Waals surface area contributed by atoms with Gasteiger partial charge in [-0.1, -0.05) is 48.6 Å². The minimum Gasteiger partial charge on any atom is -0.356 e. The van der Waals surface area contributed by atoms with Gasteiger partial charge in [-0.05, 0) is 24.8 Å². The van der Waals surface area contributed by atoms with Crippen LogP contribution in [-0.2, 0) is 11.2 Å². The van der Waals surface area contributed by atoms with Crippen LogP contribution in [0.3, 0.4) is 0 Å². The highest BCUT2D eigenvalue weighted by Crippen LogP contribution is 2.04. The number of likely N-dealkylation sites (N-methyl/N-ethyl adjacent to an activating group) is 1. The van der Waals surface area contributed by atoms with E-state index in [9.17, 15) is 4.79 Å². The van der Waals surface area contributed by atoms with E-state index in [1.165, 1.54) is 11.6 Å². The van der Waals surface area contributed by atoms with Gasteiger partial charge in [0.25, 0.3) is 0 Å². The topological polar surface area (TPSA) is 29.1 Å². The van der Waals surface area contributed by atoms with Crippen molar-refractivity contribution >= 4 is 5.91 Å². The zero-order chi connectivity index (χ0) is 12.3. The molecule has 0 unspecified atom stereocenters. The standard InChI is InChI=1S/C15H19NO/c1-16-15(17)13-9-4-2-3-6-10-14-11-7-5-8-12-14/h2,4-5,7-9,11-13H,3,6,10H2,1H3,(H,16,17). The van der Waals surface area contributed by atoms with Crippen LogP contribution in [0.25, 0.3) is 0 Å². The fourth-order valence-electron chi connectivity index (χ4n) is 1.47. The Balaban J connectivity index is 2.14. The Morgan fingerprint density at radius 1 is 1.24 bits per heavy atom. The van der Waals surface area contributed by atoms with E-state index in [2.05, 4.69) is 35.7 Å². The van der Waals surface area contributed by atoms with Gasteiger partial charge in [-0.15, -0.1) is 0 Å². The second kappa shape index (κ2) is 8.34. The van der Waals surface area contributed by atoms with Crippen LogP contribution in [-0.4, -0.2) is 13.0 Å². The summed E-state index contributed by atoms with van der Waals surface area (Å²) in [5.74, 6) is -0.0704. The molecule has 0 atom stereocenters. The van der Waals surface area contributed by atoms with Crippen molar-refractivity contribution < 1.29 is 4.79 Å². The lowest BCUT2D eigenvalue weighted by molar-refractivity contribution is -0.116. The Morgan fingerprint density at radius 3 is 2.71 bits per heavy atom. The van der Waals surface area contributed by atoms with E-state index in [1.807, 2.05) is 12.1 Å². The molecule has 1 aromatic carbocycles. The number of rotatable bonds is 6. The predicted octanol–water partition coefficient (Wildman–Crippen LogP) is 2.87. The summed E-state index contributed by atoms with van der Waals surface area (Å²) < 4.78 is 0. The van der Waals surface area contributed by atoms with Gasteiger partial charge in [0.1, 0.15) is 0 Å². The van der Waals surface area contributed by atoms with Gasteiger partial charge in [0.15, 0.2) is 0 Å². The predicted molar refractivity (Wildman–Crippen MR) is 71.7 cm³/mol. The second-order valence-corrected chi connectivity index (χ2v) is 3.78. The van der Waals surface area contributed by atoms with Crippen LogP contribution in [0.15, 0.2) is 54.6 Å². The van der Waals surface area contributed by atoms with E-state index in [0.717, 1.165) is 19.3 Å². The van der Waals surface area contributed by atoms with E-state index in [1.54, 1.807) is 13.1 Å².